The second kappa shape index (κ2) is 3.09. The monoisotopic (exact) mass is 257 g/mol. The predicted octanol–water partition coefficient (Wildman–Crippen LogP) is 2.77. The SMILES string of the molecule is O=C(O)c1c[nH]c2cc(F)cc(Br)c12. The van der Waals surface area contributed by atoms with E-state index in [1.54, 1.807) is 0 Å². The second-order valence-corrected chi connectivity index (χ2v) is 3.67. The molecule has 0 saturated carbocycles. The van der Waals surface area contributed by atoms with E-state index >= 15 is 0 Å². The highest BCUT2D eigenvalue weighted by Gasteiger charge is 2.13. The summed E-state index contributed by atoms with van der Waals surface area (Å²) in [7, 11) is 0. The Morgan fingerprint density at radius 1 is 1.50 bits per heavy atom. The number of nitrogens with one attached hydrogen (secondary N) is 1. The molecule has 1 aromatic heterocycles. The molecular weight excluding hydrogens is 253 g/mol. The minimum atomic E-state index is -1.04. The molecule has 0 aliphatic rings. The Hall–Kier alpha value is -1.36. The number of rotatable bonds is 1. The minimum absolute atomic E-state index is 0.131. The van der Waals surface area contributed by atoms with Crippen molar-refractivity contribution in [1.82, 2.24) is 4.98 Å². The highest BCUT2D eigenvalue weighted by Crippen LogP contribution is 2.28. The number of carboxylic acids is 1. The van der Waals surface area contributed by atoms with E-state index < -0.39 is 11.8 Å². The van der Waals surface area contributed by atoms with Crippen molar-refractivity contribution in [2.75, 3.05) is 0 Å². The molecule has 0 aliphatic carbocycles. The van der Waals surface area contributed by atoms with E-state index in [2.05, 4.69) is 20.9 Å². The van der Waals surface area contributed by atoms with Crippen molar-refractivity contribution in [2.45, 2.75) is 0 Å². The number of fused-ring (bicyclic) bond motifs is 1. The van der Waals surface area contributed by atoms with Gasteiger partial charge in [-0.1, -0.05) is 0 Å². The number of halogens is 2. The van der Waals surface area contributed by atoms with Crippen molar-refractivity contribution in [2.24, 2.45) is 0 Å². The van der Waals surface area contributed by atoms with E-state index in [-0.39, 0.29) is 5.56 Å². The van der Waals surface area contributed by atoms with Gasteiger partial charge in [0.25, 0.3) is 0 Å². The number of hydrogen-bond donors (Lipinski definition) is 2. The highest BCUT2D eigenvalue weighted by atomic mass is 79.9. The van der Waals surface area contributed by atoms with Crippen LogP contribution in [-0.2, 0) is 0 Å². The maximum atomic E-state index is 12.9. The maximum Gasteiger partial charge on any atom is 0.337 e. The van der Waals surface area contributed by atoms with Crippen molar-refractivity contribution in [3.63, 3.8) is 0 Å². The zero-order valence-electron chi connectivity index (χ0n) is 6.84. The normalized spacial score (nSPS) is 10.7. The summed E-state index contributed by atoms with van der Waals surface area (Å²) in [6.07, 6.45) is 1.34. The van der Waals surface area contributed by atoms with Crippen molar-refractivity contribution in [3.8, 4) is 0 Å². The van der Waals surface area contributed by atoms with Gasteiger partial charge in [-0.05, 0) is 28.1 Å². The van der Waals surface area contributed by atoms with Gasteiger partial charge in [0.05, 0.1) is 11.1 Å². The first-order chi connectivity index (χ1) is 6.59. The lowest BCUT2D eigenvalue weighted by molar-refractivity contribution is 0.0699. The van der Waals surface area contributed by atoms with Gasteiger partial charge < -0.3 is 10.1 Å². The van der Waals surface area contributed by atoms with Gasteiger partial charge in [0.1, 0.15) is 5.82 Å². The van der Waals surface area contributed by atoms with Crippen molar-refractivity contribution >= 4 is 32.8 Å². The van der Waals surface area contributed by atoms with Crippen LogP contribution in [0, 0.1) is 5.82 Å². The quantitative estimate of drug-likeness (QED) is 0.826. The smallest absolute Gasteiger partial charge is 0.337 e. The number of aromatic amines is 1. The zero-order chi connectivity index (χ0) is 10.3. The molecule has 0 unspecified atom stereocenters. The summed E-state index contributed by atoms with van der Waals surface area (Å²) in [5, 5.41) is 9.32. The molecule has 0 atom stereocenters. The molecule has 5 heteroatoms. The third kappa shape index (κ3) is 1.29. The van der Waals surface area contributed by atoms with Crippen molar-refractivity contribution in [1.29, 1.82) is 0 Å². The fourth-order valence-electron chi connectivity index (χ4n) is 1.35. The fourth-order valence-corrected chi connectivity index (χ4v) is 2.00. The third-order valence-electron chi connectivity index (χ3n) is 1.93. The average Bonchev–Trinajstić information content (AvgIpc) is 2.47. The van der Waals surface area contributed by atoms with E-state index in [4.69, 9.17) is 5.11 Å². The van der Waals surface area contributed by atoms with Gasteiger partial charge >= 0.3 is 5.97 Å². The Bertz CT molecular complexity index is 521. The summed E-state index contributed by atoms with van der Waals surface area (Å²) in [5.74, 6) is -1.45. The molecular formula is C9H5BrFNO2. The number of aromatic carboxylic acids is 1. The van der Waals surface area contributed by atoms with Crippen LogP contribution in [0.5, 0.6) is 0 Å². The van der Waals surface area contributed by atoms with Crippen LogP contribution in [0.15, 0.2) is 22.8 Å². The van der Waals surface area contributed by atoms with Gasteiger partial charge in [0.2, 0.25) is 0 Å². The number of aromatic nitrogens is 1. The summed E-state index contributed by atoms with van der Waals surface area (Å²) < 4.78 is 13.3. The first-order valence-electron chi connectivity index (χ1n) is 3.79. The molecule has 0 aliphatic heterocycles. The molecule has 72 valence electrons. The molecule has 2 N–H and O–H groups in total. The van der Waals surface area contributed by atoms with Crippen LogP contribution >= 0.6 is 15.9 Å². The number of H-pyrrole nitrogens is 1. The van der Waals surface area contributed by atoms with Gasteiger partial charge in [-0.3, -0.25) is 0 Å². The van der Waals surface area contributed by atoms with Gasteiger partial charge in [-0.25, -0.2) is 9.18 Å². The molecule has 2 aromatic rings. The molecule has 2 rings (SSSR count). The van der Waals surface area contributed by atoms with Gasteiger partial charge in [0.15, 0.2) is 0 Å². The van der Waals surface area contributed by atoms with E-state index in [0.29, 0.717) is 15.4 Å². The third-order valence-corrected chi connectivity index (χ3v) is 2.55. The number of benzene rings is 1. The van der Waals surface area contributed by atoms with E-state index in [1.165, 1.54) is 18.3 Å². The fraction of sp³-hybridized carbons (Fsp3) is 0. The van der Waals surface area contributed by atoms with E-state index in [0.717, 1.165) is 0 Å². The Balaban J connectivity index is 2.85. The predicted molar refractivity (Wildman–Crippen MR) is 52.9 cm³/mol. The molecule has 0 radical (unpaired) electrons. The Labute approximate surface area is 86.7 Å². The summed E-state index contributed by atoms with van der Waals surface area (Å²) in [6, 6.07) is 2.50. The lowest BCUT2D eigenvalue weighted by Gasteiger charge is -1.96. The largest absolute Gasteiger partial charge is 0.478 e. The Morgan fingerprint density at radius 2 is 2.21 bits per heavy atom. The topological polar surface area (TPSA) is 53.1 Å². The van der Waals surface area contributed by atoms with Crippen LogP contribution in [0.3, 0.4) is 0 Å². The molecule has 0 saturated heterocycles. The van der Waals surface area contributed by atoms with Gasteiger partial charge in [0, 0.05) is 16.1 Å². The first-order valence-corrected chi connectivity index (χ1v) is 4.58. The molecule has 14 heavy (non-hydrogen) atoms. The first kappa shape index (κ1) is 9.21. The van der Waals surface area contributed by atoms with Crippen LogP contribution < -0.4 is 0 Å². The summed E-state index contributed by atoms with van der Waals surface area (Å²) >= 11 is 3.12. The van der Waals surface area contributed by atoms with Crippen LogP contribution in [0.4, 0.5) is 4.39 Å². The number of carbonyl (C=O) groups is 1. The highest BCUT2D eigenvalue weighted by molar-refractivity contribution is 9.10. The Kier molecular flexibility index (Phi) is 2.03. The standard InChI is InChI=1S/C9H5BrFNO2/c10-6-1-4(11)2-7-8(6)5(3-12-7)9(13)14/h1-3,12H,(H,13,14). The number of hydrogen-bond acceptors (Lipinski definition) is 1. The van der Waals surface area contributed by atoms with Gasteiger partial charge in [-0.2, -0.15) is 0 Å². The van der Waals surface area contributed by atoms with Crippen molar-refractivity contribution in [3.05, 3.63) is 34.2 Å². The molecule has 0 fully saturated rings. The second-order valence-electron chi connectivity index (χ2n) is 2.82. The number of carboxylic acid groups (broad SMARTS) is 1. The van der Waals surface area contributed by atoms with E-state index in [1.807, 2.05) is 0 Å². The van der Waals surface area contributed by atoms with E-state index in [9.17, 15) is 9.18 Å². The zero-order valence-corrected chi connectivity index (χ0v) is 8.43. The molecule has 1 aromatic carbocycles. The average molecular weight is 258 g/mol. The molecule has 1 heterocycles. The minimum Gasteiger partial charge on any atom is -0.478 e. The molecule has 0 amide bonds. The lowest BCUT2D eigenvalue weighted by Crippen LogP contribution is -1.94. The summed E-state index contributed by atoms with van der Waals surface area (Å²) in [5.41, 5.74) is 0.598. The van der Waals surface area contributed by atoms with Crippen LogP contribution in [-0.4, -0.2) is 16.1 Å². The lowest BCUT2D eigenvalue weighted by atomic mass is 10.2. The summed E-state index contributed by atoms with van der Waals surface area (Å²) in [4.78, 5) is 13.5. The van der Waals surface area contributed by atoms with Crippen LogP contribution in [0.1, 0.15) is 10.4 Å². The molecule has 0 spiro atoms. The Morgan fingerprint density at radius 3 is 2.86 bits per heavy atom. The van der Waals surface area contributed by atoms with Crippen LogP contribution in [0.25, 0.3) is 10.9 Å². The van der Waals surface area contributed by atoms with Gasteiger partial charge in [-0.15, -0.1) is 0 Å². The summed E-state index contributed by atoms with van der Waals surface area (Å²) in [6.45, 7) is 0. The maximum absolute atomic E-state index is 12.9. The van der Waals surface area contributed by atoms with Crippen LogP contribution in [0.2, 0.25) is 0 Å². The molecule has 0 bridgehead atoms. The molecule has 3 nitrogen and oxygen atoms in total. The van der Waals surface area contributed by atoms with Crippen molar-refractivity contribution < 1.29 is 14.3 Å².